The molecule has 76 valence electrons. The smallest absolute Gasteiger partial charge is 0.319 e. The van der Waals surface area contributed by atoms with E-state index in [-0.39, 0.29) is 11.8 Å². The van der Waals surface area contributed by atoms with Crippen molar-refractivity contribution in [3.8, 4) is 0 Å². The van der Waals surface area contributed by atoms with Crippen LogP contribution < -0.4 is 0 Å². The second-order valence-corrected chi connectivity index (χ2v) is 3.07. The molecule has 0 saturated carbocycles. The van der Waals surface area contributed by atoms with Gasteiger partial charge in [0.25, 0.3) is 0 Å². The summed E-state index contributed by atoms with van der Waals surface area (Å²) < 4.78 is 4.89. The zero-order chi connectivity index (χ0) is 10.5. The topological polar surface area (TPSA) is 43.4 Å². The van der Waals surface area contributed by atoms with E-state index in [2.05, 4.69) is 0 Å². The van der Waals surface area contributed by atoms with E-state index >= 15 is 0 Å². The predicted octanol–water partition coefficient (Wildman–Crippen LogP) is 1.94. The molecule has 0 unspecified atom stereocenters. The number of hydrogen-bond donors (Lipinski definition) is 0. The highest BCUT2D eigenvalue weighted by Gasteiger charge is 2.41. The first kappa shape index (κ1) is 12.1. The van der Waals surface area contributed by atoms with Crippen molar-refractivity contribution in [2.24, 2.45) is 5.41 Å². The van der Waals surface area contributed by atoms with E-state index in [1.165, 1.54) is 6.92 Å². The van der Waals surface area contributed by atoms with Gasteiger partial charge < -0.3 is 4.74 Å². The fraction of sp³-hybridized carbons (Fsp3) is 0.800. The third kappa shape index (κ3) is 2.29. The van der Waals surface area contributed by atoms with Crippen molar-refractivity contribution in [2.75, 3.05) is 6.61 Å². The lowest BCUT2D eigenvalue weighted by atomic mass is 9.79. The van der Waals surface area contributed by atoms with E-state index in [1.54, 1.807) is 6.92 Å². The lowest BCUT2D eigenvalue weighted by Gasteiger charge is -2.25. The van der Waals surface area contributed by atoms with E-state index in [1.807, 2.05) is 13.8 Å². The number of carbonyl (C=O) groups is 2. The molecule has 0 radical (unpaired) electrons. The van der Waals surface area contributed by atoms with Crippen LogP contribution >= 0.6 is 0 Å². The van der Waals surface area contributed by atoms with Gasteiger partial charge in [-0.15, -0.1) is 0 Å². The summed E-state index contributed by atoms with van der Waals surface area (Å²) in [5, 5.41) is 0. The Morgan fingerprint density at radius 1 is 1.15 bits per heavy atom. The minimum Gasteiger partial charge on any atom is -0.465 e. The molecule has 3 heteroatoms. The van der Waals surface area contributed by atoms with Crippen LogP contribution in [0, 0.1) is 5.41 Å². The van der Waals surface area contributed by atoms with Crippen LogP contribution in [-0.2, 0) is 14.3 Å². The van der Waals surface area contributed by atoms with Crippen LogP contribution in [0.5, 0.6) is 0 Å². The summed E-state index contributed by atoms with van der Waals surface area (Å²) in [5.41, 5.74) is -0.907. The van der Waals surface area contributed by atoms with Gasteiger partial charge in [0.15, 0.2) is 0 Å². The molecule has 0 spiro atoms. The van der Waals surface area contributed by atoms with Gasteiger partial charge in [0.2, 0.25) is 0 Å². The summed E-state index contributed by atoms with van der Waals surface area (Å²) in [6.45, 7) is 7.19. The van der Waals surface area contributed by atoms with Crippen LogP contribution in [0.25, 0.3) is 0 Å². The molecule has 0 rings (SSSR count). The molecule has 0 aromatic rings. The van der Waals surface area contributed by atoms with Crippen molar-refractivity contribution >= 4 is 11.8 Å². The quantitative estimate of drug-likeness (QED) is 0.487. The van der Waals surface area contributed by atoms with Gasteiger partial charge in [-0.1, -0.05) is 13.8 Å². The maximum absolute atomic E-state index is 11.5. The average Bonchev–Trinajstić information content (AvgIpc) is 2.07. The van der Waals surface area contributed by atoms with E-state index in [0.717, 1.165) is 0 Å². The first-order valence-corrected chi connectivity index (χ1v) is 4.73. The zero-order valence-electron chi connectivity index (χ0n) is 8.85. The summed E-state index contributed by atoms with van der Waals surface area (Å²) in [6, 6.07) is 0. The zero-order valence-corrected chi connectivity index (χ0v) is 8.85. The van der Waals surface area contributed by atoms with Crippen molar-refractivity contribution < 1.29 is 14.3 Å². The fourth-order valence-corrected chi connectivity index (χ4v) is 1.45. The Kier molecular flexibility index (Phi) is 4.67. The predicted molar refractivity (Wildman–Crippen MR) is 50.3 cm³/mol. The minimum atomic E-state index is -0.907. The number of rotatable bonds is 5. The highest BCUT2D eigenvalue weighted by atomic mass is 16.5. The number of ether oxygens (including phenoxy) is 1. The number of esters is 1. The maximum atomic E-state index is 11.5. The molecule has 0 bridgehead atoms. The van der Waals surface area contributed by atoms with Crippen molar-refractivity contribution in [3.63, 3.8) is 0 Å². The highest BCUT2D eigenvalue weighted by Crippen LogP contribution is 2.29. The lowest BCUT2D eigenvalue weighted by Crippen LogP contribution is -2.38. The molecule has 0 N–H and O–H groups in total. The van der Waals surface area contributed by atoms with Crippen LogP contribution in [0.3, 0.4) is 0 Å². The van der Waals surface area contributed by atoms with Crippen LogP contribution in [0.15, 0.2) is 0 Å². The Labute approximate surface area is 79.5 Å². The second-order valence-electron chi connectivity index (χ2n) is 3.07. The molecule has 0 aliphatic carbocycles. The average molecular weight is 186 g/mol. The van der Waals surface area contributed by atoms with E-state index in [4.69, 9.17) is 4.74 Å². The Morgan fingerprint density at radius 2 is 1.62 bits per heavy atom. The Bertz CT molecular complexity index is 192. The molecule has 0 atom stereocenters. The van der Waals surface area contributed by atoms with Crippen molar-refractivity contribution in [1.29, 1.82) is 0 Å². The normalized spacial score (nSPS) is 11.1. The molecule has 0 aromatic heterocycles. The minimum absolute atomic E-state index is 0.101. The summed E-state index contributed by atoms with van der Waals surface area (Å²) in [6.07, 6.45) is 1.02. The summed E-state index contributed by atoms with van der Waals surface area (Å²) in [7, 11) is 0. The van der Waals surface area contributed by atoms with Gasteiger partial charge in [0, 0.05) is 0 Å². The first-order chi connectivity index (χ1) is 6.05. The van der Waals surface area contributed by atoms with E-state index < -0.39 is 5.41 Å². The van der Waals surface area contributed by atoms with Gasteiger partial charge in [-0.3, -0.25) is 9.59 Å². The molecule has 13 heavy (non-hydrogen) atoms. The van der Waals surface area contributed by atoms with Crippen LogP contribution in [0.4, 0.5) is 0 Å². The summed E-state index contributed by atoms with van der Waals surface area (Å²) in [4.78, 5) is 22.9. The lowest BCUT2D eigenvalue weighted by molar-refractivity contribution is -0.160. The standard InChI is InChI=1S/C10H18O3/c1-5-10(6-2,8(4)11)9(12)13-7-3/h5-7H2,1-4H3. The molecule has 0 fully saturated rings. The van der Waals surface area contributed by atoms with Crippen molar-refractivity contribution in [3.05, 3.63) is 0 Å². The second kappa shape index (κ2) is 5.00. The number of carbonyl (C=O) groups excluding carboxylic acids is 2. The molecule has 3 nitrogen and oxygen atoms in total. The summed E-state index contributed by atoms with van der Waals surface area (Å²) >= 11 is 0. The monoisotopic (exact) mass is 186 g/mol. The molecule has 0 aliphatic rings. The van der Waals surface area contributed by atoms with Crippen LogP contribution in [0.1, 0.15) is 40.5 Å². The molecule has 0 heterocycles. The maximum Gasteiger partial charge on any atom is 0.319 e. The van der Waals surface area contributed by atoms with E-state index in [9.17, 15) is 9.59 Å². The largest absolute Gasteiger partial charge is 0.465 e. The molecular formula is C10H18O3. The van der Waals surface area contributed by atoms with Crippen molar-refractivity contribution in [2.45, 2.75) is 40.5 Å². The Morgan fingerprint density at radius 3 is 1.85 bits per heavy atom. The molecule has 0 amide bonds. The van der Waals surface area contributed by atoms with Gasteiger partial charge in [-0.05, 0) is 26.7 Å². The van der Waals surface area contributed by atoms with Gasteiger partial charge in [0.1, 0.15) is 11.2 Å². The fourth-order valence-electron chi connectivity index (χ4n) is 1.45. The molecule has 0 aliphatic heterocycles. The molecule has 0 aromatic carbocycles. The van der Waals surface area contributed by atoms with Gasteiger partial charge in [0.05, 0.1) is 6.61 Å². The highest BCUT2D eigenvalue weighted by molar-refractivity contribution is 6.02. The number of Topliss-reactive ketones (excluding diaryl/α,β-unsaturated/α-hetero) is 1. The van der Waals surface area contributed by atoms with Gasteiger partial charge in [-0.2, -0.15) is 0 Å². The van der Waals surface area contributed by atoms with Crippen LogP contribution in [0.2, 0.25) is 0 Å². The number of ketones is 1. The van der Waals surface area contributed by atoms with E-state index in [0.29, 0.717) is 19.4 Å². The number of hydrogen-bond acceptors (Lipinski definition) is 3. The first-order valence-electron chi connectivity index (χ1n) is 4.73. The molecular weight excluding hydrogens is 168 g/mol. The third-order valence-corrected chi connectivity index (χ3v) is 2.55. The van der Waals surface area contributed by atoms with Crippen LogP contribution in [-0.4, -0.2) is 18.4 Å². The summed E-state index contributed by atoms with van der Waals surface area (Å²) in [5.74, 6) is -0.483. The third-order valence-electron chi connectivity index (χ3n) is 2.55. The Hall–Kier alpha value is -0.860. The Balaban J connectivity index is 4.75. The molecule has 0 saturated heterocycles. The SMILES string of the molecule is CCOC(=O)C(CC)(CC)C(C)=O. The van der Waals surface area contributed by atoms with Gasteiger partial charge in [-0.25, -0.2) is 0 Å². The van der Waals surface area contributed by atoms with Gasteiger partial charge >= 0.3 is 5.97 Å². The van der Waals surface area contributed by atoms with Crippen molar-refractivity contribution in [1.82, 2.24) is 0 Å².